The van der Waals surface area contributed by atoms with Crippen molar-refractivity contribution in [3.8, 4) is 11.3 Å². The Balaban J connectivity index is 1.37. The van der Waals surface area contributed by atoms with Gasteiger partial charge in [0.15, 0.2) is 5.84 Å². The van der Waals surface area contributed by atoms with E-state index in [1.807, 2.05) is 31.2 Å². The van der Waals surface area contributed by atoms with Gasteiger partial charge in [-0.2, -0.15) is 15.1 Å². The van der Waals surface area contributed by atoms with E-state index in [1.165, 1.54) is 22.8 Å². The summed E-state index contributed by atoms with van der Waals surface area (Å²) in [6.45, 7) is 4.07. The highest BCUT2D eigenvalue weighted by atomic mass is 32.2. The Morgan fingerprint density at radius 2 is 1.80 bits per heavy atom. The molecule has 0 fully saturated rings. The Labute approximate surface area is 205 Å². The number of nitrogens with zero attached hydrogens (tertiary/aromatic N) is 3. The van der Waals surface area contributed by atoms with E-state index in [-0.39, 0.29) is 17.4 Å². The average Bonchev–Trinajstić information content (AvgIpc) is 3.50. The van der Waals surface area contributed by atoms with Crippen molar-refractivity contribution >= 4 is 45.8 Å². The number of aryl methyl sites for hydroxylation is 1. The molecule has 9 heteroatoms. The van der Waals surface area contributed by atoms with Crippen molar-refractivity contribution < 1.29 is 18.7 Å². The first-order valence-electron chi connectivity index (χ1n) is 10.9. The minimum absolute atomic E-state index is 0.0636. The normalized spacial score (nSPS) is 16.3. The van der Waals surface area contributed by atoms with Gasteiger partial charge in [0.05, 0.1) is 17.7 Å². The molecule has 3 aromatic rings. The van der Waals surface area contributed by atoms with E-state index in [0.29, 0.717) is 33.9 Å². The predicted molar refractivity (Wildman–Crippen MR) is 135 cm³/mol. The van der Waals surface area contributed by atoms with Crippen LogP contribution in [0.5, 0.6) is 0 Å². The van der Waals surface area contributed by atoms with Crippen LogP contribution in [-0.2, 0) is 9.53 Å². The summed E-state index contributed by atoms with van der Waals surface area (Å²) >= 11 is 1.26. The molecule has 0 unspecified atom stereocenters. The minimum Gasteiger partial charge on any atom is -0.462 e. The molecule has 35 heavy (non-hydrogen) atoms. The zero-order valence-electron chi connectivity index (χ0n) is 18.9. The van der Waals surface area contributed by atoms with Crippen molar-refractivity contribution in [1.82, 2.24) is 5.01 Å². The smallest absolute Gasteiger partial charge is 0.338 e. The number of carbonyl (C=O) groups is 2. The highest BCUT2D eigenvalue weighted by molar-refractivity contribution is 8.27. The molecule has 2 aliphatic rings. The van der Waals surface area contributed by atoms with Crippen molar-refractivity contribution in [1.29, 1.82) is 5.41 Å². The Kier molecular flexibility index (Phi) is 5.92. The number of carbonyl (C=O) groups excluding carboxylic acids is 2. The number of thioether (sulfide) groups is 1. The highest BCUT2D eigenvalue weighted by Gasteiger charge is 2.36. The van der Waals surface area contributed by atoms with Gasteiger partial charge in [0.1, 0.15) is 16.6 Å². The Hall–Kier alpha value is -4.24. The Morgan fingerprint density at radius 1 is 1.09 bits per heavy atom. The molecule has 174 valence electrons. The summed E-state index contributed by atoms with van der Waals surface area (Å²) in [7, 11) is 0. The van der Waals surface area contributed by atoms with Crippen LogP contribution in [0, 0.1) is 12.3 Å². The molecule has 5 rings (SSSR count). The van der Waals surface area contributed by atoms with Crippen molar-refractivity contribution in [2.75, 3.05) is 6.61 Å². The van der Waals surface area contributed by atoms with Crippen LogP contribution in [0.4, 0.5) is 0 Å². The van der Waals surface area contributed by atoms with Gasteiger partial charge in [0.2, 0.25) is 5.17 Å². The van der Waals surface area contributed by atoms with E-state index < -0.39 is 5.91 Å². The second-order valence-electron chi connectivity index (χ2n) is 7.79. The predicted octanol–water partition coefficient (Wildman–Crippen LogP) is 5.10. The van der Waals surface area contributed by atoms with E-state index in [0.717, 1.165) is 16.7 Å². The molecule has 2 aliphatic heterocycles. The van der Waals surface area contributed by atoms with Crippen LogP contribution in [0.25, 0.3) is 17.4 Å². The largest absolute Gasteiger partial charge is 0.462 e. The molecule has 0 saturated carbocycles. The molecular formula is C26H20N4O4S. The lowest BCUT2D eigenvalue weighted by Crippen LogP contribution is -2.35. The summed E-state index contributed by atoms with van der Waals surface area (Å²) in [6, 6.07) is 18.2. The summed E-state index contributed by atoms with van der Waals surface area (Å²) in [5.74, 6) is -0.0120. The molecule has 0 atom stereocenters. The molecule has 0 bridgehead atoms. The topological polar surface area (TPSA) is 108 Å². The van der Waals surface area contributed by atoms with Gasteiger partial charge in [-0.1, -0.05) is 42.0 Å². The lowest BCUT2D eigenvalue weighted by molar-refractivity contribution is -0.114. The van der Waals surface area contributed by atoms with Gasteiger partial charge < -0.3 is 9.15 Å². The first kappa shape index (κ1) is 22.5. The molecule has 2 aromatic carbocycles. The van der Waals surface area contributed by atoms with Gasteiger partial charge in [-0.15, -0.1) is 0 Å². The van der Waals surface area contributed by atoms with Gasteiger partial charge in [-0.3, -0.25) is 10.2 Å². The molecule has 0 saturated heterocycles. The first-order chi connectivity index (χ1) is 16.9. The van der Waals surface area contributed by atoms with E-state index in [1.54, 1.807) is 43.3 Å². The zero-order chi connectivity index (χ0) is 24.5. The Bertz CT molecular complexity index is 1430. The molecule has 0 radical (unpaired) electrons. The number of ether oxygens (including phenoxy) is 1. The van der Waals surface area contributed by atoms with Gasteiger partial charge in [-0.05, 0) is 56.0 Å². The van der Waals surface area contributed by atoms with Crippen molar-refractivity contribution in [3.63, 3.8) is 0 Å². The van der Waals surface area contributed by atoms with Gasteiger partial charge in [0, 0.05) is 11.1 Å². The van der Waals surface area contributed by atoms with Crippen molar-refractivity contribution in [3.05, 3.63) is 88.7 Å². The number of amides is 1. The number of hydrogen-bond acceptors (Lipinski definition) is 7. The quantitative estimate of drug-likeness (QED) is 0.399. The zero-order valence-corrected chi connectivity index (χ0v) is 19.8. The van der Waals surface area contributed by atoms with Crippen LogP contribution < -0.4 is 0 Å². The third-order valence-corrected chi connectivity index (χ3v) is 6.30. The van der Waals surface area contributed by atoms with Crippen LogP contribution in [-0.4, -0.2) is 39.5 Å². The van der Waals surface area contributed by atoms with E-state index in [4.69, 9.17) is 14.6 Å². The molecule has 8 nitrogen and oxygen atoms in total. The molecule has 0 aliphatic carbocycles. The number of hydrazone groups is 1. The van der Waals surface area contributed by atoms with Crippen LogP contribution in [0.3, 0.4) is 0 Å². The first-order valence-corrected chi connectivity index (χ1v) is 11.7. The number of hydrogen-bond donors (Lipinski definition) is 1. The monoisotopic (exact) mass is 484 g/mol. The fraction of sp³-hybridized carbons (Fsp3) is 0.115. The highest BCUT2D eigenvalue weighted by Crippen LogP contribution is 2.31. The second kappa shape index (κ2) is 9.19. The summed E-state index contributed by atoms with van der Waals surface area (Å²) in [4.78, 5) is 28.7. The summed E-state index contributed by atoms with van der Waals surface area (Å²) < 4.78 is 10.9. The third-order valence-electron chi connectivity index (χ3n) is 5.35. The van der Waals surface area contributed by atoms with Crippen LogP contribution in [0.15, 0.2) is 80.7 Å². The number of nitrogens with one attached hydrogen (secondary N) is 1. The van der Waals surface area contributed by atoms with Gasteiger partial charge >= 0.3 is 5.97 Å². The summed E-state index contributed by atoms with van der Waals surface area (Å²) in [5, 5.41) is 15.5. The van der Waals surface area contributed by atoms with Crippen LogP contribution in [0.1, 0.15) is 34.2 Å². The van der Waals surface area contributed by atoms with Crippen molar-refractivity contribution in [2.24, 2.45) is 10.1 Å². The molecule has 1 N–H and O–H groups in total. The number of esters is 1. The molecular weight excluding hydrogens is 464 g/mol. The number of fused-ring (bicyclic) bond motifs is 1. The molecule has 1 amide bonds. The number of amidine groups is 2. The lowest BCUT2D eigenvalue weighted by atomic mass is 10.1. The summed E-state index contributed by atoms with van der Waals surface area (Å²) in [5.41, 5.74) is 3.33. The summed E-state index contributed by atoms with van der Waals surface area (Å²) in [6.07, 6.45) is 1.49. The molecule has 0 spiro atoms. The maximum Gasteiger partial charge on any atom is 0.338 e. The maximum absolute atomic E-state index is 12.7. The Morgan fingerprint density at radius 3 is 2.51 bits per heavy atom. The fourth-order valence-electron chi connectivity index (χ4n) is 3.52. The number of benzene rings is 2. The van der Waals surface area contributed by atoms with Gasteiger partial charge in [0.25, 0.3) is 5.91 Å². The second-order valence-corrected chi connectivity index (χ2v) is 8.75. The SMILES string of the molecule is CCOC(=O)c1ccc(-c2ccc(/C=C3/C(=N)N4N=C(c5ccc(C)cc5)SC4=NC3=O)o2)cc1. The number of furan rings is 1. The van der Waals surface area contributed by atoms with E-state index >= 15 is 0 Å². The van der Waals surface area contributed by atoms with Gasteiger partial charge in [-0.25, -0.2) is 4.79 Å². The van der Waals surface area contributed by atoms with E-state index in [2.05, 4.69) is 10.1 Å². The lowest BCUT2D eigenvalue weighted by Gasteiger charge is -2.19. The van der Waals surface area contributed by atoms with E-state index in [9.17, 15) is 9.59 Å². The average molecular weight is 485 g/mol. The fourth-order valence-corrected chi connectivity index (χ4v) is 4.41. The molecule has 1 aromatic heterocycles. The number of aliphatic imine (C=N–C) groups is 1. The third kappa shape index (κ3) is 4.45. The minimum atomic E-state index is -0.522. The number of rotatable bonds is 5. The van der Waals surface area contributed by atoms with Crippen LogP contribution in [0.2, 0.25) is 0 Å². The standard InChI is InChI=1S/C26H20N4O4S/c1-3-33-25(32)18-10-8-16(9-11-18)21-13-12-19(34-21)14-20-22(27)30-26(28-23(20)31)35-24(29-30)17-6-4-15(2)5-7-17/h4-14,27H,3H2,1-2H3/b20-14-,27-22?. The van der Waals surface area contributed by atoms with Crippen molar-refractivity contribution in [2.45, 2.75) is 13.8 Å². The van der Waals surface area contributed by atoms with Crippen LogP contribution >= 0.6 is 11.8 Å². The molecule has 3 heterocycles. The maximum atomic E-state index is 12.7.